The number of rotatable bonds is 7. The van der Waals surface area contributed by atoms with E-state index in [0.29, 0.717) is 17.2 Å². The number of nitrogens with zero attached hydrogens (tertiary/aromatic N) is 1. The van der Waals surface area contributed by atoms with Crippen molar-refractivity contribution in [2.45, 2.75) is 29.5 Å². The fourth-order valence-corrected chi connectivity index (χ4v) is 10.8. The average Bonchev–Trinajstić information content (AvgIpc) is 3.71. The molecule has 1 saturated heterocycles. The highest BCUT2D eigenvalue weighted by Crippen LogP contribution is 2.69. The van der Waals surface area contributed by atoms with Gasteiger partial charge in [0.05, 0.1) is 36.3 Å². The van der Waals surface area contributed by atoms with Gasteiger partial charge in [-0.15, -0.1) is 11.8 Å². The second kappa shape index (κ2) is 10.6. The molecule has 3 fully saturated rings. The Morgan fingerprint density at radius 2 is 1.81 bits per heavy atom. The van der Waals surface area contributed by atoms with E-state index in [-0.39, 0.29) is 58.8 Å². The molecular weight excluding hydrogens is 644 g/mol. The smallest absolute Gasteiger partial charge is 0.344 e. The molecule has 3 heterocycles. The van der Waals surface area contributed by atoms with E-state index in [1.807, 2.05) is 18.2 Å². The van der Waals surface area contributed by atoms with Crippen molar-refractivity contribution in [2.24, 2.45) is 29.6 Å². The number of esters is 1. The number of aromatic nitrogens is 1. The number of halogens is 1. The molecule has 1 N–H and O–H groups in total. The van der Waals surface area contributed by atoms with Crippen molar-refractivity contribution < 1.29 is 28.6 Å². The number of hydrogen-bond acceptors (Lipinski definition) is 9. The van der Waals surface area contributed by atoms with Crippen LogP contribution in [0, 0.1) is 29.6 Å². The van der Waals surface area contributed by atoms with Crippen LogP contribution >= 0.6 is 39.0 Å². The lowest BCUT2D eigenvalue weighted by molar-refractivity contribution is -0.145. The van der Waals surface area contributed by atoms with E-state index in [1.54, 1.807) is 50.1 Å². The number of aromatic amines is 1. The Morgan fingerprint density at radius 1 is 1.07 bits per heavy atom. The number of thiazole rings is 1. The van der Waals surface area contributed by atoms with Crippen molar-refractivity contribution >= 4 is 62.5 Å². The normalized spacial score (nSPS) is 28.8. The Labute approximate surface area is 258 Å². The standard InChI is InChI=1S/C30H27BrN2O7S2/c1-3-39-20(34)12-40-19-9-4-13(31)10-16(19)21-22-17-11-18(25(22)41-27-26(21)42-30(37)32-27)24-23(17)28(35)33(29(24)36)14-5-7-15(38-2)8-6-14/h4-10,17-18,21-25H,3,11-12H2,1-2H3,(H,32,37)/t17-,18-,21-,22?,23?,24?,25?/m1/s1. The summed E-state index contributed by atoms with van der Waals surface area (Å²) in [6, 6.07) is 12.6. The molecule has 7 rings (SSSR count). The molecule has 218 valence electrons. The van der Waals surface area contributed by atoms with E-state index in [9.17, 15) is 19.2 Å². The molecule has 2 aliphatic heterocycles. The first kappa shape index (κ1) is 27.7. The number of amides is 2. The molecule has 3 aromatic rings. The van der Waals surface area contributed by atoms with Gasteiger partial charge in [0.2, 0.25) is 11.8 Å². The summed E-state index contributed by atoms with van der Waals surface area (Å²) in [5.41, 5.74) is 1.39. The van der Waals surface area contributed by atoms with Gasteiger partial charge in [0.25, 0.3) is 0 Å². The molecule has 2 aromatic carbocycles. The van der Waals surface area contributed by atoms with Gasteiger partial charge in [-0.1, -0.05) is 27.3 Å². The minimum atomic E-state index is -0.466. The van der Waals surface area contributed by atoms with Gasteiger partial charge in [-0.25, -0.2) is 4.79 Å². The number of hydrogen-bond donors (Lipinski definition) is 1. The van der Waals surface area contributed by atoms with E-state index in [0.717, 1.165) is 26.4 Å². The van der Waals surface area contributed by atoms with Crippen molar-refractivity contribution in [2.75, 3.05) is 25.2 Å². The molecule has 12 heteroatoms. The summed E-state index contributed by atoms with van der Waals surface area (Å²) in [7, 11) is 1.57. The first-order valence-electron chi connectivity index (χ1n) is 13.8. The number of anilines is 1. The summed E-state index contributed by atoms with van der Waals surface area (Å²) in [4.78, 5) is 57.8. The zero-order chi connectivity index (χ0) is 29.3. The van der Waals surface area contributed by atoms with Crippen LogP contribution in [-0.4, -0.2) is 48.3 Å². The maximum atomic E-state index is 14.0. The molecule has 2 bridgehead atoms. The average molecular weight is 672 g/mol. The molecule has 2 amide bonds. The summed E-state index contributed by atoms with van der Waals surface area (Å²) in [6.07, 6.45) is 0.772. The minimum Gasteiger partial charge on any atom is -0.497 e. The number of imide groups is 1. The van der Waals surface area contributed by atoms with Crippen LogP contribution in [-0.2, 0) is 19.1 Å². The molecule has 2 saturated carbocycles. The quantitative estimate of drug-likeness (QED) is 0.281. The Balaban J connectivity index is 1.29. The van der Waals surface area contributed by atoms with Gasteiger partial charge in [-0.2, -0.15) is 0 Å². The van der Waals surface area contributed by atoms with Crippen LogP contribution in [0.3, 0.4) is 0 Å². The van der Waals surface area contributed by atoms with Crippen molar-refractivity contribution in [3.8, 4) is 11.5 Å². The summed E-state index contributed by atoms with van der Waals surface area (Å²) in [6.45, 7) is 1.76. The zero-order valence-electron chi connectivity index (χ0n) is 22.7. The first-order valence-corrected chi connectivity index (χ1v) is 16.3. The number of methoxy groups -OCH3 is 1. The predicted molar refractivity (Wildman–Crippen MR) is 160 cm³/mol. The predicted octanol–water partition coefficient (Wildman–Crippen LogP) is 4.83. The molecule has 42 heavy (non-hydrogen) atoms. The molecule has 0 spiro atoms. The van der Waals surface area contributed by atoms with Crippen molar-refractivity contribution in [1.82, 2.24) is 4.98 Å². The van der Waals surface area contributed by atoms with Crippen LogP contribution in [0.25, 0.3) is 0 Å². The van der Waals surface area contributed by atoms with Crippen LogP contribution in [0.15, 0.2) is 56.8 Å². The zero-order valence-corrected chi connectivity index (χ0v) is 25.9. The molecule has 2 aliphatic carbocycles. The SMILES string of the molecule is CCOC(=O)COc1ccc(Br)cc1[C@H]1c2sc(=O)[nH]c2SC2C1[C@H]1C[C@@H]2C2C(=O)N(c3ccc(OC)cc3)C(=O)C21. The minimum absolute atomic E-state index is 0.00740. The number of nitrogens with one attached hydrogen (secondary N) is 1. The van der Waals surface area contributed by atoms with E-state index in [1.165, 1.54) is 16.2 Å². The number of benzene rings is 2. The van der Waals surface area contributed by atoms with E-state index >= 15 is 0 Å². The Morgan fingerprint density at radius 3 is 2.52 bits per heavy atom. The second-order valence-corrected chi connectivity index (χ2v) is 14.1. The maximum Gasteiger partial charge on any atom is 0.344 e. The third-order valence-corrected chi connectivity index (χ3v) is 12.1. The highest BCUT2D eigenvalue weighted by molar-refractivity contribution is 9.10. The Bertz CT molecular complexity index is 1650. The lowest BCUT2D eigenvalue weighted by Gasteiger charge is -2.43. The third kappa shape index (κ3) is 4.24. The molecular formula is C30H27BrN2O7S2. The first-order chi connectivity index (χ1) is 20.3. The van der Waals surface area contributed by atoms with Crippen molar-refractivity contribution in [3.05, 3.63) is 67.0 Å². The Hall–Kier alpha value is -3.09. The summed E-state index contributed by atoms with van der Waals surface area (Å²) < 4.78 is 17.2. The lowest BCUT2D eigenvalue weighted by Crippen LogP contribution is -2.42. The highest BCUT2D eigenvalue weighted by Gasteiger charge is 2.69. The third-order valence-electron chi connectivity index (χ3n) is 9.01. The van der Waals surface area contributed by atoms with Gasteiger partial charge in [0, 0.05) is 26.1 Å². The highest BCUT2D eigenvalue weighted by atomic mass is 79.9. The van der Waals surface area contributed by atoms with Crippen LogP contribution in [0.2, 0.25) is 0 Å². The summed E-state index contributed by atoms with van der Waals surface area (Å²) in [5, 5.41) is 0.837. The van der Waals surface area contributed by atoms with E-state index in [4.69, 9.17) is 14.2 Å². The van der Waals surface area contributed by atoms with Gasteiger partial charge < -0.3 is 19.2 Å². The van der Waals surface area contributed by atoms with Crippen LogP contribution in [0.1, 0.15) is 29.7 Å². The number of thioether (sulfide) groups is 1. The Kier molecular flexibility index (Phi) is 6.98. The van der Waals surface area contributed by atoms with Crippen molar-refractivity contribution in [1.29, 1.82) is 0 Å². The van der Waals surface area contributed by atoms with Crippen LogP contribution in [0.5, 0.6) is 11.5 Å². The fourth-order valence-electron chi connectivity index (χ4n) is 7.58. The maximum absolute atomic E-state index is 14.0. The summed E-state index contributed by atoms with van der Waals surface area (Å²) in [5.74, 6) is -0.739. The number of H-pyrrole nitrogens is 1. The van der Waals surface area contributed by atoms with Gasteiger partial charge in [0.1, 0.15) is 11.5 Å². The van der Waals surface area contributed by atoms with Crippen LogP contribution in [0.4, 0.5) is 5.69 Å². The van der Waals surface area contributed by atoms with E-state index < -0.39 is 17.8 Å². The number of ether oxygens (including phenoxy) is 3. The lowest BCUT2D eigenvalue weighted by atomic mass is 9.68. The molecule has 9 nitrogen and oxygen atoms in total. The molecule has 1 aromatic heterocycles. The van der Waals surface area contributed by atoms with Gasteiger partial charge >= 0.3 is 10.8 Å². The second-order valence-electron chi connectivity index (χ2n) is 10.9. The van der Waals surface area contributed by atoms with Crippen molar-refractivity contribution in [3.63, 3.8) is 0 Å². The number of carbonyl (C=O) groups is 3. The van der Waals surface area contributed by atoms with Crippen LogP contribution < -0.4 is 19.2 Å². The topological polar surface area (TPSA) is 115 Å². The monoisotopic (exact) mass is 670 g/mol. The molecule has 4 aliphatic rings. The number of carbonyl (C=O) groups excluding carboxylic acids is 3. The fraction of sp³-hybridized carbons (Fsp3) is 0.400. The molecule has 0 radical (unpaired) electrons. The largest absolute Gasteiger partial charge is 0.497 e. The van der Waals surface area contributed by atoms with E-state index in [2.05, 4.69) is 20.9 Å². The molecule has 4 unspecified atom stereocenters. The van der Waals surface area contributed by atoms with Gasteiger partial charge in [-0.3, -0.25) is 19.3 Å². The molecule has 7 atom stereocenters. The van der Waals surface area contributed by atoms with Gasteiger partial charge in [-0.05, 0) is 73.6 Å². The van der Waals surface area contributed by atoms with Gasteiger partial charge in [0.15, 0.2) is 6.61 Å². The summed E-state index contributed by atoms with van der Waals surface area (Å²) >= 11 is 6.40. The number of fused-ring (bicyclic) bond motifs is 9.